The van der Waals surface area contributed by atoms with Crippen LogP contribution in [0.4, 0.5) is 5.69 Å². The van der Waals surface area contributed by atoms with Gasteiger partial charge in [-0.2, -0.15) is 0 Å². The van der Waals surface area contributed by atoms with Gasteiger partial charge in [0.05, 0.1) is 37.9 Å². The molecular weight excluding hydrogens is 498 g/mol. The van der Waals surface area contributed by atoms with Crippen LogP contribution in [-0.4, -0.2) is 37.5 Å². The maximum Gasteiger partial charge on any atom is 0.294 e. The number of hydrogen-bond donors (Lipinski definition) is 2. The van der Waals surface area contributed by atoms with E-state index in [0.29, 0.717) is 35.5 Å². The molecule has 0 saturated carbocycles. The van der Waals surface area contributed by atoms with Gasteiger partial charge in [0.25, 0.3) is 11.8 Å². The monoisotopic (exact) mass is 530 g/mol. The number of piperidine rings is 1. The molecule has 3 aromatic carbocycles. The molecule has 6 nitrogen and oxygen atoms in total. The molecule has 38 heavy (non-hydrogen) atoms. The van der Waals surface area contributed by atoms with Crippen molar-refractivity contribution in [3.05, 3.63) is 100 Å². The van der Waals surface area contributed by atoms with Crippen LogP contribution < -0.4 is 19.9 Å². The molecule has 5 rings (SSSR count). The highest BCUT2D eigenvalue weighted by Gasteiger charge is 2.30. The Kier molecular flexibility index (Phi) is 8.11. The van der Waals surface area contributed by atoms with Gasteiger partial charge in [0.2, 0.25) is 0 Å². The molecule has 2 aliphatic rings. The van der Waals surface area contributed by atoms with E-state index in [4.69, 9.17) is 16.3 Å². The van der Waals surface area contributed by atoms with E-state index in [1.165, 1.54) is 25.8 Å². The van der Waals surface area contributed by atoms with E-state index in [2.05, 4.69) is 12.2 Å². The first-order chi connectivity index (χ1) is 18.5. The maximum absolute atomic E-state index is 13.5. The zero-order valence-corrected chi connectivity index (χ0v) is 22.3. The Hall–Kier alpha value is -3.61. The Morgan fingerprint density at radius 2 is 1.84 bits per heavy atom. The fourth-order valence-corrected chi connectivity index (χ4v) is 5.26. The molecule has 0 radical (unpaired) electrons. The fraction of sp³-hybridized carbons (Fsp3) is 0.290. The number of anilines is 1. The van der Waals surface area contributed by atoms with E-state index in [1.54, 1.807) is 28.0 Å². The molecule has 2 atom stereocenters. The quantitative estimate of drug-likeness (QED) is 0.442. The van der Waals surface area contributed by atoms with Crippen LogP contribution in [0.2, 0.25) is 5.02 Å². The first kappa shape index (κ1) is 26.0. The number of fused-ring (bicyclic) bond motifs is 1. The summed E-state index contributed by atoms with van der Waals surface area (Å²) in [5.41, 5.74) is 3.06. The van der Waals surface area contributed by atoms with Gasteiger partial charge < -0.3 is 15.0 Å². The molecule has 1 saturated heterocycles. The normalized spacial score (nSPS) is 20.1. The maximum atomic E-state index is 13.5. The van der Waals surface area contributed by atoms with Gasteiger partial charge in [-0.1, -0.05) is 48.0 Å². The van der Waals surface area contributed by atoms with Crippen LogP contribution in [0.3, 0.4) is 0 Å². The van der Waals surface area contributed by atoms with Gasteiger partial charge in [-0.15, -0.1) is 0 Å². The van der Waals surface area contributed by atoms with Crippen molar-refractivity contribution < 1.29 is 19.2 Å². The number of amides is 2. The third kappa shape index (κ3) is 6.09. The van der Waals surface area contributed by atoms with Gasteiger partial charge >= 0.3 is 0 Å². The fourth-order valence-electron chi connectivity index (χ4n) is 5.14. The Bertz CT molecular complexity index is 1320. The molecule has 0 aliphatic carbocycles. The molecule has 0 aromatic heterocycles. The average molecular weight is 531 g/mol. The highest BCUT2D eigenvalue weighted by molar-refractivity contribution is 6.30. The Morgan fingerprint density at radius 1 is 1.08 bits per heavy atom. The van der Waals surface area contributed by atoms with Crippen LogP contribution in [0, 0.1) is 0 Å². The van der Waals surface area contributed by atoms with Crippen molar-refractivity contribution in [1.29, 1.82) is 0 Å². The number of rotatable bonds is 7. The predicted octanol–water partition coefficient (Wildman–Crippen LogP) is 4.49. The minimum absolute atomic E-state index is 0.0821. The summed E-state index contributed by atoms with van der Waals surface area (Å²) in [6, 6.07) is 22.8. The number of halogens is 1. The first-order valence-corrected chi connectivity index (χ1v) is 13.6. The SMILES string of the molecule is CC1CCCC[NH+]1CCNC(=O)c1ccc(C=C2Oc3ccccc3N(Cc3ccc(Cl)cc3)C2=O)cc1. The number of nitrogens with zero attached hydrogens (tertiary/aromatic N) is 1. The number of carbonyl (C=O) groups excluding carboxylic acids is 2. The van der Waals surface area contributed by atoms with Crippen molar-refractivity contribution in [3.63, 3.8) is 0 Å². The van der Waals surface area contributed by atoms with Crippen LogP contribution in [0.25, 0.3) is 6.08 Å². The van der Waals surface area contributed by atoms with E-state index in [1.807, 2.05) is 60.7 Å². The van der Waals surface area contributed by atoms with Crippen LogP contribution in [0.5, 0.6) is 5.75 Å². The zero-order valence-electron chi connectivity index (χ0n) is 21.6. The lowest BCUT2D eigenvalue weighted by Crippen LogP contribution is -3.16. The number of quaternary nitrogens is 1. The van der Waals surface area contributed by atoms with Gasteiger partial charge in [-0.05, 0) is 79.8 Å². The van der Waals surface area contributed by atoms with Crippen molar-refractivity contribution in [1.82, 2.24) is 5.32 Å². The predicted molar refractivity (Wildman–Crippen MR) is 150 cm³/mol. The van der Waals surface area contributed by atoms with E-state index in [0.717, 1.165) is 23.4 Å². The zero-order chi connectivity index (χ0) is 26.5. The second kappa shape index (κ2) is 11.8. The molecule has 2 aliphatic heterocycles. The van der Waals surface area contributed by atoms with E-state index < -0.39 is 0 Å². The minimum Gasteiger partial charge on any atom is -0.449 e. The van der Waals surface area contributed by atoms with Crippen molar-refractivity contribution in [2.45, 2.75) is 38.8 Å². The molecule has 2 unspecified atom stereocenters. The number of nitrogens with one attached hydrogen (secondary N) is 2. The van der Waals surface area contributed by atoms with Crippen molar-refractivity contribution >= 4 is 35.2 Å². The summed E-state index contributed by atoms with van der Waals surface area (Å²) in [6.07, 6.45) is 5.55. The molecule has 196 valence electrons. The van der Waals surface area contributed by atoms with Crippen LogP contribution in [-0.2, 0) is 11.3 Å². The second-order valence-electron chi connectivity index (χ2n) is 10.0. The van der Waals surface area contributed by atoms with Gasteiger partial charge in [0.1, 0.15) is 0 Å². The lowest BCUT2D eigenvalue weighted by molar-refractivity contribution is -0.927. The van der Waals surface area contributed by atoms with Crippen LogP contribution >= 0.6 is 11.6 Å². The number of para-hydroxylation sites is 2. The molecule has 2 N–H and O–H groups in total. The van der Waals surface area contributed by atoms with Crippen LogP contribution in [0.1, 0.15) is 47.7 Å². The van der Waals surface area contributed by atoms with E-state index >= 15 is 0 Å². The molecular formula is C31H33ClN3O3+. The Labute approximate surface area is 228 Å². The summed E-state index contributed by atoms with van der Waals surface area (Å²) in [6.45, 7) is 5.48. The standard InChI is InChI=1S/C31H32ClN3O3/c1-22-6-4-5-18-34(22)19-17-33-30(36)25-13-9-23(10-14-25)20-29-31(37)35(21-24-11-15-26(32)16-12-24)27-7-2-3-8-28(27)38-29/h2-3,7-16,20,22H,4-6,17-19,21H2,1H3,(H,33,36)/p+1. The van der Waals surface area contributed by atoms with Crippen molar-refractivity contribution in [2.24, 2.45) is 0 Å². The van der Waals surface area contributed by atoms with Crippen molar-refractivity contribution in [3.8, 4) is 5.75 Å². The average Bonchev–Trinajstić information content (AvgIpc) is 2.93. The summed E-state index contributed by atoms with van der Waals surface area (Å²) in [4.78, 5) is 29.4. The van der Waals surface area contributed by atoms with Gasteiger partial charge in [0.15, 0.2) is 11.5 Å². The smallest absolute Gasteiger partial charge is 0.294 e. The molecule has 3 aromatic rings. The highest BCUT2D eigenvalue weighted by Crippen LogP contribution is 2.36. The lowest BCUT2D eigenvalue weighted by Gasteiger charge is -2.30. The van der Waals surface area contributed by atoms with Crippen LogP contribution in [0.15, 0.2) is 78.6 Å². The number of benzene rings is 3. The van der Waals surface area contributed by atoms with Crippen molar-refractivity contribution in [2.75, 3.05) is 24.5 Å². The number of ether oxygens (including phenoxy) is 1. The van der Waals surface area contributed by atoms with Gasteiger partial charge in [0, 0.05) is 10.6 Å². The summed E-state index contributed by atoms with van der Waals surface area (Å²) in [5, 5.41) is 3.70. The molecule has 2 heterocycles. The Morgan fingerprint density at radius 3 is 2.61 bits per heavy atom. The molecule has 0 spiro atoms. The molecule has 7 heteroatoms. The topological polar surface area (TPSA) is 63.1 Å². The second-order valence-corrected chi connectivity index (χ2v) is 10.5. The third-order valence-electron chi connectivity index (χ3n) is 7.37. The summed E-state index contributed by atoms with van der Waals surface area (Å²) in [7, 11) is 0. The number of hydrogen-bond acceptors (Lipinski definition) is 3. The number of carbonyl (C=O) groups is 2. The molecule has 1 fully saturated rings. The minimum atomic E-state index is -0.227. The molecule has 0 bridgehead atoms. The third-order valence-corrected chi connectivity index (χ3v) is 7.62. The summed E-state index contributed by atoms with van der Waals surface area (Å²) >= 11 is 6.03. The van der Waals surface area contributed by atoms with E-state index in [-0.39, 0.29) is 17.6 Å². The summed E-state index contributed by atoms with van der Waals surface area (Å²) < 4.78 is 6.00. The van der Waals surface area contributed by atoms with E-state index in [9.17, 15) is 9.59 Å². The summed E-state index contributed by atoms with van der Waals surface area (Å²) in [5.74, 6) is 0.540. The first-order valence-electron chi connectivity index (χ1n) is 13.3. The number of likely N-dealkylation sites (tertiary alicyclic amines) is 1. The molecule has 2 amide bonds. The Balaban J connectivity index is 1.26. The largest absolute Gasteiger partial charge is 0.449 e. The van der Waals surface area contributed by atoms with Gasteiger partial charge in [-0.25, -0.2) is 0 Å². The van der Waals surface area contributed by atoms with Gasteiger partial charge in [-0.3, -0.25) is 14.5 Å². The highest BCUT2D eigenvalue weighted by atomic mass is 35.5. The lowest BCUT2D eigenvalue weighted by atomic mass is 10.0.